The third-order valence-electron chi connectivity index (χ3n) is 8.94. The summed E-state index contributed by atoms with van der Waals surface area (Å²) in [6, 6.07) is 39.2. The van der Waals surface area contributed by atoms with Gasteiger partial charge in [-0.15, -0.1) is 11.3 Å². The van der Waals surface area contributed by atoms with Gasteiger partial charge in [-0.2, -0.15) is 0 Å². The molecule has 0 amide bonds. The van der Waals surface area contributed by atoms with Crippen LogP contribution in [0, 0.1) is 10.1 Å². The van der Waals surface area contributed by atoms with Crippen LogP contribution < -0.4 is 5.32 Å². The van der Waals surface area contributed by atoms with Crippen molar-refractivity contribution in [2.24, 2.45) is 0 Å². The average Bonchev–Trinajstić information content (AvgIpc) is 3.73. The Bertz CT molecular complexity index is 2290. The number of non-ortho nitro benzene ring substituents is 1. The lowest BCUT2D eigenvalue weighted by Gasteiger charge is -2.45. The summed E-state index contributed by atoms with van der Waals surface area (Å²) in [6.45, 7) is -0.350. The van der Waals surface area contributed by atoms with E-state index in [1.54, 1.807) is 109 Å². The number of rotatable bonds is 14. The van der Waals surface area contributed by atoms with Crippen molar-refractivity contribution in [2.75, 3.05) is 11.9 Å². The van der Waals surface area contributed by atoms with Crippen molar-refractivity contribution < 1.29 is 43.0 Å². The summed E-state index contributed by atoms with van der Waals surface area (Å²) in [5.74, 6) is -2.12. The Morgan fingerprint density at radius 1 is 0.719 bits per heavy atom. The first-order valence-electron chi connectivity index (χ1n) is 17.8. The fourth-order valence-corrected chi connectivity index (χ4v) is 6.88. The number of benzene rings is 5. The van der Waals surface area contributed by atoms with Crippen LogP contribution in [0.2, 0.25) is 0 Å². The summed E-state index contributed by atoms with van der Waals surface area (Å²) in [7, 11) is 0. The van der Waals surface area contributed by atoms with Gasteiger partial charge in [0.2, 0.25) is 0 Å². The fraction of sp³-hybridized carbons (Fsp3) is 0.163. The molecule has 13 nitrogen and oxygen atoms in total. The van der Waals surface area contributed by atoms with Crippen LogP contribution in [0.5, 0.6) is 0 Å². The number of thiazole rings is 1. The summed E-state index contributed by atoms with van der Waals surface area (Å²) in [4.78, 5) is 56.6. The van der Waals surface area contributed by atoms with Crippen molar-refractivity contribution >= 4 is 40.1 Å². The molecule has 1 aliphatic rings. The first-order chi connectivity index (χ1) is 27.8. The van der Waals surface area contributed by atoms with E-state index in [4.69, 9.17) is 28.7 Å². The number of nitro benzene ring substituents is 1. The predicted octanol–water partition coefficient (Wildman–Crippen LogP) is 7.75. The number of ether oxygens (including phenoxy) is 5. The van der Waals surface area contributed by atoms with Crippen molar-refractivity contribution in [3.8, 4) is 11.3 Å². The summed E-state index contributed by atoms with van der Waals surface area (Å²) in [5, 5.41) is 16.8. The van der Waals surface area contributed by atoms with Crippen molar-refractivity contribution in [2.45, 2.75) is 37.3 Å². The molecular weight excluding hydrogens is 751 g/mol. The zero-order valence-corrected chi connectivity index (χ0v) is 30.9. The van der Waals surface area contributed by atoms with Crippen molar-refractivity contribution in [3.63, 3.8) is 0 Å². The standard InChI is InChI=1S/C43H35N3O10S/c47-39(29-16-7-2-8-17-29)52-26-35-37(55-40(48)30-18-9-3-10-19-30)38(56-41(49)31-20-11-4-12-21-31)36(42(54-35)53-25-28-14-5-1-6-15-28)45-43-44-34(27-57-43)32-22-13-23-33(24-32)46(50)51/h1-24,27,35-38,42H,25-26H2,(H,44,45)/t35-,36-,37-,38-,42-/m1/s1. The molecule has 7 rings (SSSR count). The fourth-order valence-electron chi connectivity index (χ4n) is 6.11. The minimum atomic E-state index is -1.36. The average molecular weight is 786 g/mol. The van der Waals surface area contributed by atoms with Crippen LogP contribution >= 0.6 is 11.3 Å². The normalized spacial score (nSPS) is 18.8. The summed E-state index contributed by atoms with van der Waals surface area (Å²) >= 11 is 1.19. The van der Waals surface area contributed by atoms with E-state index in [-0.39, 0.29) is 29.0 Å². The molecule has 1 saturated heterocycles. The van der Waals surface area contributed by atoms with E-state index < -0.39 is 60.1 Å². The molecule has 5 aromatic carbocycles. The molecule has 2 heterocycles. The lowest BCUT2D eigenvalue weighted by atomic mass is 9.96. The van der Waals surface area contributed by atoms with Gasteiger partial charge in [0.05, 0.1) is 33.9 Å². The predicted molar refractivity (Wildman–Crippen MR) is 210 cm³/mol. The summed E-state index contributed by atoms with van der Waals surface area (Å²) in [6.07, 6.45) is -5.10. The molecule has 5 atom stereocenters. The maximum atomic E-state index is 13.9. The van der Waals surface area contributed by atoms with Gasteiger partial charge in [0.15, 0.2) is 23.6 Å². The SMILES string of the molecule is O=C(OC[C@H]1O[C@@H](OCc2ccccc2)[C@H](Nc2nc(-c3cccc([N+](=O)[O-])c3)cs2)[C@@H](OC(=O)c2ccccc2)[C@@H]1OC(=O)c1ccccc1)c1ccccc1. The van der Waals surface area contributed by atoms with Gasteiger partial charge in [0, 0.05) is 23.1 Å². The van der Waals surface area contributed by atoms with Crippen LogP contribution in [0.25, 0.3) is 11.3 Å². The van der Waals surface area contributed by atoms with Crippen molar-refractivity contribution in [1.82, 2.24) is 4.98 Å². The van der Waals surface area contributed by atoms with Gasteiger partial charge >= 0.3 is 17.9 Å². The molecule has 14 heteroatoms. The number of hydrogen-bond acceptors (Lipinski definition) is 13. The monoisotopic (exact) mass is 785 g/mol. The number of nitrogens with one attached hydrogen (secondary N) is 1. The Kier molecular flexibility index (Phi) is 12.3. The smallest absolute Gasteiger partial charge is 0.338 e. The molecule has 0 saturated carbocycles. The number of esters is 3. The van der Waals surface area contributed by atoms with Gasteiger partial charge in [0.1, 0.15) is 18.8 Å². The molecule has 0 spiro atoms. The molecule has 57 heavy (non-hydrogen) atoms. The molecule has 0 bridgehead atoms. The summed E-state index contributed by atoms with van der Waals surface area (Å²) in [5.41, 5.74) is 2.40. The Hall–Kier alpha value is -6.74. The zero-order chi connectivity index (χ0) is 39.6. The van der Waals surface area contributed by atoms with E-state index in [0.29, 0.717) is 16.4 Å². The maximum absolute atomic E-state index is 13.9. The van der Waals surface area contributed by atoms with E-state index in [1.165, 1.54) is 23.5 Å². The molecule has 1 aliphatic heterocycles. The number of aromatic nitrogens is 1. The number of carbonyl (C=O) groups is 3. The lowest BCUT2D eigenvalue weighted by Crippen LogP contribution is -2.64. The van der Waals surface area contributed by atoms with Crippen molar-refractivity contribution in [3.05, 3.63) is 183 Å². The molecular formula is C43H35N3O10S. The van der Waals surface area contributed by atoms with Gasteiger partial charge in [0.25, 0.3) is 5.69 Å². The van der Waals surface area contributed by atoms with E-state index in [1.807, 2.05) is 30.3 Å². The molecule has 1 fully saturated rings. The molecule has 0 aliphatic carbocycles. The van der Waals surface area contributed by atoms with Crippen LogP contribution in [-0.2, 0) is 30.3 Å². The molecule has 0 unspecified atom stereocenters. The molecule has 288 valence electrons. The second kappa shape index (κ2) is 18.3. The van der Waals surface area contributed by atoms with Crippen LogP contribution in [0.15, 0.2) is 151 Å². The van der Waals surface area contributed by atoms with E-state index in [9.17, 15) is 24.5 Å². The minimum absolute atomic E-state index is 0.0604. The van der Waals surface area contributed by atoms with Crippen LogP contribution in [0.1, 0.15) is 36.6 Å². The molecule has 1 N–H and O–H groups in total. The maximum Gasteiger partial charge on any atom is 0.338 e. The van der Waals surface area contributed by atoms with Crippen LogP contribution in [-0.4, -0.2) is 65.1 Å². The van der Waals surface area contributed by atoms with Gasteiger partial charge in [-0.05, 0) is 42.0 Å². The van der Waals surface area contributed by atoms with Crippen molar-refractivity contribution in [1.29, 1.82) is 0 Å². The third kappa shape index (κ3) is 9.74. The van der Waals surface area contributed by atoms with Gasteiger partial charge < -0.3 is 29.0 Å². The molecule has 1 aromatic heterocycles. The van der Waals surface area contributed by atoms with Gasteiger partial charge in [-0.3, -0.25) is 10.1 Å². The molecule has 6 aromatic rings. The Balaban J connectivity index is 1.28. The Labute approximate surface area is 330 Å². The number of anilines is 1. The second-order valence-electron chi connectivity index (χ2n) is 12.8. The van der Waals surface area contributed by atoms with Gasteiger partial charge in [-0.25, -0.2) is 19.4 Å². The number of nitro groups is 1. The molecule has 0 radical (unpaired) electrons. The first-order valence-corrected chi connectivity index (χ1v) is 18.7. The highest BCUT2D eigenvalue weighted by atomic mass is 32.1. The highest BCUT2D eigenvalue weighted by Crippen LogP contribution is 2.34. The number of nitrogens with zero attached hydrogens (tertiary/aromatic N) is 2. The largest absolute Gasteiger partial charge is 0.459 e. The third-order valence-corrected chi connectivity index (χ3v) is 9.72. The van der Waals surface area contributed by atoms with E-state index in [2.05, 4.69) is 5.32 Å². The van der Waals surface area contributed by atoms with Crippen LogP contribution in [0.4, 0.5) is 10.8 Å². The summed E-state index contributed by atoms with van der Waals surface area (Å²) < 4.78 is 31.1. The first kappa shape index (κ1) is 38.5. The Morgan fingerprint density at radius 2 is 1.28 bits per heavy atom. The van der Waals surface area contributed by atoms with E-state index >= 15 is 0 Å². The quantitative estimate of drug-likeness (QED) is 0.0495. The minimum Gasteiger partial charge on any atom is -0.459 e. The zero-order valence-electron chi connectivity index (χ0n) is 30.1. The van der Waals surface area contributed by atoms with Gasteiger partial charge in [-0.1, -0.05) is 97.1 Å². The number of hydrogen-bond donors (Lipinski definition) is 1. The highest BCUT2D eigenvalue weighted by Gasteiger charge is 2.52. The lowest BCUT2D eigenvalue weighted by molar-refractivity contribution is -0.384. The van der Waals surface area contributed by atoms with Crippen LogP contribution in [0.3, 0.4) is 0 Å². The topological polar surface area (TPSA) is 165 Å². The highest BCUT2D eigenvalue weighted by molar-refractivity contribution is 7.14. The Morgan fingerprint density at radius 3 is 1.88 bits per heavy atom. The van der Waals surface area contributed by atoms with E-state index in [0.717, 1.165) is 5.56 Å². The number of carbonyl (C=O) groups excluding carboxylic acids is 3. The second-order valence-corrected chi connectivity index (χ2v) is 13.6.